The summed E-state index contributed by atoms with van der Waals surface area (Å²) >= 11 is 0. The minimum absolute atomic E-state index is 0.204. The number of hydrogen-bond acceptors (Lipinski definition) is 4. The molecule has 1 aliphatic carbocycles. The fraction of sp³-hybridized carbons (Fsp3) is 0.0625. The van der Waals surface area contributed by atoms with Crippen molar-refractivity contribution in [1.29, 1.82) is 0 Å². The van der Waals surface area contributed by atoms with Gasteiger partial charge >= 0.3 is 0 Å². The zero-order valence-electron chi connectivity index (χ0n) is 28.8. The monoisotopic (exact) mass is 667 g/mol. The molecule has 9 aromatic rings. The predicted molar refractivity (Wildman–Crippen MR) is 212 cm³/mol. The molecule has 2 aromatic heterocycles. The van der Waals surface area contributed by atoms with Gasteiger partial charge in [0, 0.05) is 38.4 Å². The van der Waals surface area contributed by atoms with E-state index in [1.165, 1.54) is 44.2 Å². The SMILES string of the molecule is CC1(C)c2cc(-c3ccc(-c4cccc(-c5nc(-c6ccccc6)nc(-c6ccccc6)n5)c4)cc3)ccc2-c2ccc3c(oc4ccccc43)c21. The van der Waals surface area contributed by atoms with Crippen LogP contribution in [0.4, 0.5) is 0 Å². The van der Waals surface area contributed by atoms with Crippen molar-refractivity contribution in [2.45, 2.75) is 19.3 Å². The molecule has 0 aliphatic heterocycles. The average Bonchev–Trinajstić information content (AvgIpc) is 3.70. The van der Waals surface area contributed by atoms with Crippen LogP contribution in [0.3, 0.4) is 0 Å². The second-order valence-corrected chi connectivity index (χ2v) is 14.0. The van der Waals surface area contributed by atoms with Crippen LogP contribution in [-0.4, -0.2) is 15.0 Å². The van der Waals surface area contributed by atoms with Gasteiger partial charge in [-0.2, -0.15) is 0 Å². The number of rotatable bonds is 5. The van der Waals surface area contributed by atoms with E-state index in [2.05, 4.69) is 111 Å². The van der Waals surface area contributed by atoms with Crippen LogP contribution in [0.2, 0.25) is 0 Å². The lowest BCUT2D eigenvalue weighted by Gasteiger charge is -2.22. The molecule has 1 aliphatic rings. The third-order valence-corrected chi connectivity index (χ3v) is 10.5. The van der Waals surface area contributed by atoms with Crippen molar-refractivity contribution >= 4 is 21.9 Å². The molecule has 0 atom stereocenters. The molecule has 246 valence electrons. The predicted octanol–water partition coefficient (Wildman–Crippen LogP) is 12.4. The van der Waals surface area contributed by atoms with E-state index >= 15 is 0 Å². The van der Waals surface area contributed by atoms with E-state index in [0.717, 1.165) is 39.0 Å². The van der Waals surface area contributed by atoms with E-state index in [4.69, 9.17) is 19.4 Å². The Balaban J connectivity index is 0.987. The summed E-state index contributed by atoms with van der Waals surface area (Å²) in [6.07, 6.45) is 0. The average molecular weight is 668 g/mol. The lowest BCUT2D eigenvalue weighted by atomic mass is 9.81. The number of benzene rings is 7. The van der Waals surface area contributed by atoms with Crippen LogP contribution in [0, 0.1) is 0 Å². The van der Waals surface area contributed by atoms with E-state index in [1.807, 2.05) is 66.7 Å². The highest BCUT2D eigenvalue weighted by molar-refractivity contribution is 6.09. The molecule has 0 amide bonds. The molecule has 52 heavy (non-hydrogen) atoms. The Kier molecular flexibility index (Phi) is 6.80. The summed E-state index contributed by atoms with van der Waals surface area (Å²) in [5, 5.41) is 2.35. The number of furan rings is 1. The minimum Gasteiger partial charge on any atom is -0.456 e. The van der Waals surface area contributed by atoms with Crippen molar-refractivity contribution in [3.05, 3.63) is 175 Å². The van der Waals surface area contributed by atoms with Crippen LogP contribution >= 0.6 is 0 Å². The summed E-state index contributed by atoms with van der Waals surface area (Å²) < 4.78 is 6.51. The second kappa shape index (κ2) is 11.7. The molecule has 0 spiro atoms. The molecule has 4 heteroatoms. The quantitative estimate of drug-likeness (QED) is 0.183. The molecule has 0 unspecified atom stereocenters. The summed E-state index contributed by atoms with van der Waals surface area (Å²) in [6, 6.07) is 57.2. The van der Waals surface area contributed by atoms with Gasteiger partial charge in [0.15, 0.2) is 17.5 Å². The first-order chi connectivity index (χ1) is 25.5. The molecule has 0 saturated heterocycles. The van der Waals surface area contributed by atoms with Crippen LogP contribution in [0.5, 0.6) is 0 Å². The van der Waals surface area contributed by atoms with Gasteiger partial charge in [0.25, 0.3) is 0 Å². The smallest absolute Gasteiger partial charge is 0.164 e. The van der Waals surface area contributed by atoms with Gasteiger partial charge < -0.3 is 4.42 Å². The Hall–Kier alpha value is -6.65. The molecular weight excluding hydrogens is 635 g/mol. The summed E-state index contributed by atoms with van der Waals surface area (Å²) in [5.74, 6) is 1.96. The standard InChI is InChI=1S/C48H33N3O/c1-48(2)41-29-35(24-25-37(41)39-26-27-40-38-18-9-10-19-42(38)52-44(40)43(39)48)31-22-20-30(21-23-31)34-16-11-17-36(28-34)47-50-45(32-12-5-3-6-13-32)49-46(51-47)33-14-7-4-8-15-33/h3-29H,1-2H3. The van der Waals surface area contributed by atoms with Crippen molar-refractivity contribution in [1.82, 2.24) is 15.0 Å². The largest absolute Gasteiger partial charge is 0.456 e. The Morgan fingerprint density at radius 1 is 0.404 bits per heavy atom. The molecule has 2 heterocycles. The maximum absolute atomic E-state index is 6.51. The van der Waals surface area contributed by atoms with E-state index in [0.29, 0.717) is 17.5 Å². The fourth-order valence-electron chi connectivity index (χ4n) is 7.87. The molecule has 0 fully saturated rings. The molecule has 0 radical (unpaired) electrons. The van der Waals surface area contributed by atoms with E-state index in [-0.39, 0.29) is 5.41 Å². The Morgan fingerprint density at radius 2 is 0.923 bits per heavy atom. The van der Waals surface area contributed by atoms with Gasteiger partial charge in [-0.1, -0.05) is 153 Å². The Bertz CT molecular complexity index is 2740. The van der Waals surface area contributed by atoms with E-state index < -0.39 is 0 Å². The normalized spacial score (nSPS) is 13.0. The summed E-state index contributed by atoms with van der Waals surface area (Å²) in [5.41, 5.74) is 14.3. The zero-order chi connectivity index (χ0) is 34.8. The van der Waals surface area contributed by atoms with Crippen molar-refractivity contribution in [2.24, 2.45) is 0 Å². The maximum atomic E-state index is 6.51. The number of hydrogen-bond donors (Lipinski definition) is 0. The Labute approximate surface area is 302 Å². The first kappa shape index (κ1) is 30.2. The number of nitrogens with zero attached hydrogens (tertiary/aromatic N) is 3. The number of aromatic nitrogens is 3. The topological polar surface area (TPSA) is 51.8 Å². The maximum Gasteiger partial charge on any atom is 0.164 e. The molecule has 10 rings (SSSR count). The van der Waals surface area contributed by atoms with Crippen LogP contribution < -0.4 is 0 Å². The van der Waals surface area contributed by atoms with Gasteiger partial charge in [-0.3, -0.25) is 0 Å². The van der Waals surface area contributed by atoms with Gasteiger partial charge in [-0.15, -0.1) is 0 Å². The first-order valence-electron chi connectivity index (χ1n) is 17.7. The molecule has 0 saturated carbocycles. The lowest BCUT2D eigenvalue weighted by molar-refractivity contribution is 0.620. The molecule has 7 aromatic carbocycles. The first-order valence-corrected chi connectivity index (χ1v) is 17.7. The van der Waals surface area contributed by atoms with Gasteiger partial charge in [-0.05, 0) is 63.2 Å². The molecule has 4 nitrogen and oxygen atoms in total. The highest BCUT2D eigenvalue weighted by Gasteiger charge is 2.38. The third kappa shape index (κ3) is 4.87. The summed E-state index contributed by atoms with van der Waals surface area (Å²) in [4.78, 5) is 14.7. The second-order valence-electron chi connectivity index (χ2n) is 14.0. The van der Waals surface area contributed by atoms with Crippen LogP contribution in [0.15, 0.2) is 168 Å². The Morgan fingerprint density at radius 3 is 1.60 bits per heavy atom. The molecule has 0 bridgehead atoms. The highest BCUT2D eigenvalue weighted by Crippen LogP contribution is 2.53. The van der Waals surface area contributed by atoms with Gasteiger partial charge in [0.1, 0.15) is 11.2 Å². The van der Waals surface area contributed by atoms with E-state index in [1.54, 1.807) is 0 Å². The van der Waals surface area contributed by atoms with E-state index in [9.17, 15) is 0 Å². The van der Waals surface area contributed by atoms with Gasteiger partial charge in [-0.25, -0.2) is 15.0 Å². The van der Waals surface area contributed by atoms with Crippen molar-refractivity contribution < 1.29 is 4.42 Å². The summed E-state index contributed by atoms with van der Waals surface area (Å²) in [7, 11) is 0. The molecule has 0 N–H and O–H groups in total. The van der Waals surface area contributed by atoms with Crippen molar-refractivity contribution in [2.75, 3.05) is 0 Å². The molecular formula is C48H33N3O. The van der Waals surface area contributed by atoms with Gasteiger partial charge in [0.2, 0.25) is 0 Å². The fourth-order valence-corrected chi connectivity index (χ4v) is 7.87. The van der Waals surface area contributed by atoms with Crippen LogP contribution in [0.1, 0.15) is 25.0 Å². The zero-order valence-corrected chi connectivity index (χ0v) is 28.8. The summed E-state index contributed by atoms with van der Waals surface area (Å²) in [6.45, 7) is 4.64. The lowest BCUT2D eigenvalue weighted by Crippen LogP contribution is -2.15. The van der Waals surface area contributed by atoms with Crippen LogP contribution in [0.25, 0.3) is 89.5 Å². The number of para-hydroxylation sites is 1. The van der Waals surface area contributed by atoms with Gasteiger partial charge in [0.05, 0.1) is 0 Å². The minimum atomic E-state index is -0.204. The van der Waals surface area contributed by atoms with Crippen LogP contribution in [-0.2, 0) is 5.41 Å². The number of fused-ring (bicyclic) bond motifs is 7. The highest BCUT2D eigenvalue weighted by atomic mass is 16.3. The third-order valence-electron chi connectivity index (χ3n) is 10.5. The van der Waals surface area contributed by atoms with Crippen molar-refractivity contribution in [3.8, 4) is 67.5 Å². The van der Waals surface area contributed by atoms with Crippen molar-refractivity contribution in [3.63, 3.8) is 0 Å².